The van der Waals surface area contributed by atoms with E-state index in [1.54, 1.807) is 12.1 Å². The molecule has 0 saturated heterocycles. The summed E-state index contributed by atoms with van der Waals surface area (Å²) in [4.78, 5) is 0. The van der Waals surface area contributed by atoms with Gasteiger partial charge in [0.1, 0.15) is 5.82 Å². The van der Waals surface area contributed by atoms with Gasteiger partial charge in [0, 0.05) is 13.1 Å². The summed E-state index contributed by atoms with van der Waals surface area (Å²) in [5, 5.41) is 13.0. The van der Waals surface area contributed by atoms with E-state index in [1.807, 2.05) is 6.92 Å². The summed E-state index contributed by atoms with van der Waals surface area (Å²) in [7, 11) is 0. The minimum absolute atomic E-state index is 0.156. The second-order valence-corrected chi connectivity index (χ2v) is 4.96. The van der Waals surface area contributed by atoms with E-state index in [1.165, 1.54) is 6.07 Å². The molecule has 0 spiro atoms. The van der Waals surface area contributed by atoms with Crippen molar-refractivity contribution >= 4 is 0 Å². The van der Waals surface area contributed by atoms with E-state index in [0.717, 1.165) is 36.9 Å². The first-order chi connectivity index (χ1) is 8.16. The minimum atomic E-state index is -0.187. The van der Waals surface area contributed by atoms with E-state index in [0.29, 0.717) is 12.5 Å². The van der Waals surface area contributed by atoms with Crippen molar-refractivity contribution in [2.75, 3.05) is 6.54 Å². The van der Waals surface area contributed by atoms with E-state index in [9.17, 15) is 9.50 Å². The molecule has 17 heavy (non-hydrogen) atoms. The molecule has 0 radical (unpaired) electrons. The number of hydrogen-bond acceptors (Lipinski definition) is 2. The monoisotopic (exact) mass is 237 g/mol. The molecule has 0 aliphatic heterocycles. The van der Waals surface area contributed by atoms with Crippen molar-refractivity contribution in [2.45, 2.75) is 38.8 Å². The highest BCUT2D eigenvalue weighted by atomic mass is 19.1. The van der Waals surface area contributed by atoms with E-state index < -0.39 is 0 Å². The van der Waals surface area contributed by atoms with E-state index in [2.05, 4.69) is 5.32 Å². The summed E-state index contributed by atoms with van der Waals surface area (Å²) in [6, 6.07) is 4.86. The Balaban J connectivity index is 1.83. The van der Waals surface area contributed by atoms with Crippen LogP contribution >= 0.6 is 0 Å². The van der Waals surface area contributed by atoms with Gasteiger partial charge in [0.15, 0.2) is 0 Å². The van der Waals surface area contributed by atoms with E-state index >= 15 is 0 Å². The van der Waals surface area contributed by atoms with Gasteiger partial charge in [0.05, 0.1) is 6.10 Å². The molecule has 1 fully saturated rings. The third-order valence-corrected chi connectivity index (χ3v) is 3.65. The van der Waals surface area contributed by atoms with Crippen LogP contribution in [0.3, 0.4) is 0 Å². The Morgan fingerprint density at radius 3 is 2.94 bits per heavy atom. The topological polar surface area (TPSA) is 32.3 Å². The Morgan fingerprint density at radius 1 is 1.41 bits per heavy atom. The van der Waals surface area contributed by atoms with Crippen LogP contribution in [0.15, 0.2) is 18.2 Å². The zero-order chi connectivity index (χ0) is 12.3. The maximum Gasteiger partial charge on any atom is 0.123 e. The van der Waals surface area contributed by atoms with Gasteiger partial charge in [-0.25, -0.2) is 4.39 Å². The molecule has 2 atom stereocenters. The van der Waals surface area contributed by atoms with Crippen molar-refractivity contribution in [3.05, 3.63) is 35.1 Å². The van der Waals surface area contributed by atoms with Crippen LogP contribution in [0, 0.1) is 18.7 Å². The highest BCUT2D eigenvalue weighted by Gasteiger charge is 2.24. The molecule has 1 aromatic carbocycles. The number of rotatable bonds is 4. The Labute approximate surface area is 102 Å². The van der Waals surface area contributed by atoms with Gasteiger partial charge in [-0.05, 0) is 48.9 Å². The summed E-state index contributed by atoms with van der Waals surface area (Å²) in [5.74, 6) is 0.178. The van der Waals surface area contributed by atoms with Gasteiger partial charge >= 0.3 is 0 Å². The molecule has 2 N–H and O–H groups in total. The Bertz CT molecular complexity index is 380. The lowest BCUT2D eigenvalue weighted by Gasteiger charge is -2.15. The molecule has 1 saturated carbocycles. The fourth-order valence-electron chi connectivity index (χ4n) is 2.48. The average molecular weight is 237 g/mol. The minimum Gasteiger partial charge on any atom is -0.393 e. The van der Waals surface area contributed by atoms with Crippen LogP contribution in [-0.2, 0) is 6.54 Å². The first-order valence-corrected chi connectivity index (χ1v) is 6.30. The highest BCUT2D eigenvalue weighted by molar-refractivity contribution is 5.26. The van der Waals surface area contributed by atoms with Crippen molar-refractivity contribution in [3.63, 3.8) is 0 Å². The fraction of sp³-hybridized carbons (Fsp3) is 0.571. The summed E-state index contributed by atoms with van der Waals surface area (Å²) < 4.78 is 13.1. The smallest absolute Gasteiger partial charge is 0.123 e. The lowest BCUT2D eigenvalue weighted by atomic mass is 10.1. The Morgan fingerprint density at radius 2 is 2.24 bits per heavy atom. The first-order valence-electron chi connectivity index (χ1n) is 6.30. The number of nitrogens with one attached hydrogen (secondary N) is 1. The molecule has 2 unspecified atom stereocenters. The van der Waals surface area contributed by atoms with E-state index in [4.69, 9.17) is 0 Å². The normalized spacial score (nSPS) is 24.2. The molecule has 2 rings (SSSR count). The molecule has 2 nitrogen and oxygen atoms in total. The largest absolute Gasteiger partial charge is 0.393 e. The zero-order valence-electron chi connectivity index (χ0n) is 10.2. The van der Waals surface area contributed by atoms with Crippen LogP contribution in [0.25, 0.3) is 0 Å². The average Bonchev–Trinajstić information content (AvgIpc) is 2.70. The third kappa shape index (κ3) is 3.27. The van der Waals surface area contributed by atoms with Gasteiger partial charge in [-0.15, -0.1) is 0 Å². The van der Waals surface area contributed by atoms with Crippen molar-refractivity contribution in [1.29, 1.82) is 0 Å². The predicted molar refractivity (Wildman–Crippen MR) is 66.2 cm³/mol. The number of halogens is 1. The molecule has 1 aliphatic rings. The Hall–Kier alpha value is -0.930. The molecule has 3 heteroatoms. The summed E-state index contributed by atoms with van der Waals surface area (Å²) in [6.07, 6.45) is 2.98. The predicted octanol–water partition coefficient (Wildman–Crippen LogP) is 2.38. The van der Waals surface area contributed by atoms with Gasteiger partial charge in [0.2, 0.25) is 0 Å². The summed E-state index contributed by atoms with van der Waals surface area (Å²) in [6.45, 7) is 3.48. The molecular weight excluding hydrogens is 217 g/mol. The lowest BCUT2D eigenvalue weighted by Crippen LogP contribution is -2.27. The van der Waals surface area contributed by atoms with Gasteiger partial charge in [-0.2, -0.15) is 0 Å². The first kappa shape index (κ1) is 12.5. The fourth-order valence-corrected chi connectivity index (χ4v) is 2.48. The third-order valence-electron chi connectivity index (χ3n) is 3.65. The quantitative estimate of drug-likeness (QED) is 0.842. The van der Waals surface area contributed by atoms with Crippen LogP contribution in [0.4, 0.5) is 4.39 Å². The maximum atomic E-state index is 13.1. The second-order valence-electron chi connectivity index (χ2n) is 4.96. The molecule has 94 valence electrons. The molecular formula is C14H20FNO. The standard InChI is InChI=1S/C14H20FNO/c1-10-5-6-13(15)7-12(10)9-16-8-11-3-2-4-14(11)17/h5-7,11,14,16-17H,2-4,8-9H2,1H3. The number of aliphatic hydroxyl groups is 1. The van der Waals surface area contributed by atoms with Crippen molar-refractivity contribution in [1.82, 2.24) is 5.32 Å². The lowest BCUT2D eigenvalue weighted by molar-refractivity contribution is 0.131. The van der Waals surface area contributed by atoms with Crippen molar-refractivity contribution < 1.29 is 9.50 Å². The number of benzene rings is 1. The molecule has 0 amide bonds. The highest BCUT2D eigenvalue weighted by Crippen LogP contribution is 2.24. The van der Waals surface area contributed by atoms with Gasteiger partial charge in [-0.1, -0.05) is 12.5 Å². The zero-order valence-corrected chi connectivity index (χ0v) is 10.2. The van der Waals surface area contributed by atoms with Crippen LogP contribution in [0.2, 0.25) is 0 Å². The molecule has 1 aromatic rings. The Kier molecular flexibility index (Phi) is 4.13. The van der Waals surface area contributed by atoms with Gasteiger partial charge < -0.3 is 10.4 Å². The van der Waals surface area contributed by atoms with Gasteiger partial charge in [-0.3, -0.25) is 0 Å². The molecule has 0 bridgehead atoms. The molecule has 0 aromatic heterocycles. The van der Waals surface area contributed by atoms with Crippen LogP contribution in [0.1, 0.15) is 30.4 Å². The maximum absolute atomic E-state index is 13.1. The van der Waals surface area contributed by atoms with E-state index in [-0.39, 0.29) is 11.9 Å². The number of aryl methyl sites for hydroxylation is 1. The summed E-state index contributed by atoms with van der Waals surface area (Å²) in [5.41, 5.74) is 2.10. The van der Waals surface area contributed by atoms with Crippen LogP contribution in [-0.4, -0.2) is 17.8 Å². The van der Waals surface area contributed by atoms with Gasteiger partial charge in [0.25, 0.3) is 0 Å². The van der Waals surface area contributed by atoms with Crippen molar-refractivity contribution in [3.8, 4) is 0 Å². The number of hydrogen-bond donors (Lipinski definition) is 2. The molecule has 0 heterocycles. The number of aliphatic hydroxyl groups excluding tert-OH is 1. The molecule has 1 aliphatic carbocycles. The second kappa shape index (κ2) is 5.61. The van der Waals surface area contributed by atoms with Crippen LogP contribution < -0.4 is 5.32 Å². The SMILES string of the molecule is Cc1ccc(F)cc1CNCC1CCCC1O. The van der Waals surface area contributed by atoms with Crippen LogP contribution in [0.5, 0.6) is 0 Å². The van der Waals surface area contributed by atoms with Crippen molar-refractivity contribution in [2.24, 2.45) is 5.92 Å². The summed E-state index contributed by atoms with van der Waals surface area (Å²) >= 11 is 0.